The van der Waals surface area contributed by atoms with Crippen molar-refractivity contribution in [2.45, 2.75) is 17.8 Å². The predicted octanol–water partition coefficient (Wildman–Crippen LogP) is 0.746. The Morgan fingerprint density at radius 2 is 2.11 bits per heavy atom. The van der Waals surface area contributed by atoms with E-state index in [-0.39, 0.29) is 11.3 Å². The zero-order valence-electron chi connectivity index (χ0n) is 9.70. The molecule has 5 nitrogen and oxygen atoms in total. The van der Waals surface area contributed by atoms with Crippen molar-refractivity contribution in [3.63, 3.8) is 0 Å². The molecular formula is C12H11N3O2S. The Morgan fingerprint density at radius 3 is 2.83 bits per heavy atom. The van der Waals surface area contributed by atoms with Crippen LogP contribution in [-0.2, 0) is 5.72 Å². The minimum Gasteiger partial charge on any atom is -0.365 e. The van der Waals surface area contributed by atoms with Crippen molar-refractivity contribution < 1.29 is 5.11 Å². The minimum absolute atomic E-state index is 0.288. The van der Waals surface area contributed by atoms with Gasteiger partial charge in [0.25, 0.3) is 5.56 Å². The second-order valence-corrected chi connectivity index (χ2v) is 5.11. The Labute approximate surface area is 107 Å². The molecule has 3 rings (SSSR count). The molecule has 0 bridgehead atoms. The fraction of sp³-hybridized carbons (Fsp3) is 0.250. The summed E-state index contributed by atoms with van der Waals surface area (Å²) in [4.78, 5) is 15.4. The molecule has 18 heavy (non-hydrogen) atoms. The monoisotopic (exact) mass is 261 g/mol. The van der Waals surface area contributed by atoms with Gasteiger partial charge in [0, 0.05) is 5.56 Å². The third-order valence-corrected chi connectivity index (χ3v) is 4.00. The SMILES string of the molecule is Cc1nn2c(nc1=O)SCC2(O)c1ccccc1. The van der Waals surface area contributed by atoms with Crippen molar-refractivity contribution in [1.82, 2.24) is 14.8 Å². The molecule has 0 spiro atoms. The van der Waals surface area contributed by atoms with Crippen LogP contribution in [0.4, 0.5) is 0 Å². The third kappa shape index (κ3) is 1.57. The van der Waals surface area contributed by atoms with Crippen LogP contribution in [0.3, 0.4) is 0 Å². The molecule has 0 amide bonds. The summed E-state index contributed by atoms with van der Waals surface area (Å²) < 4.78 is 1.43. The Hall–Kier alpha value is -1.66. The van der Waals surface area contributed by atoms with Crippen molar-refractivity contribution in [1.29, 1.82) is 0 Å². The van der Waals surface area contributed by atoms with Crippen molar-refractivity contribution in [3.05, 3.63) is 51.9 Å². The second kappa shape index (κ2) is 3.93. The van der Waals surface area contributed by atoms with Gasteiger partial charge in [-0.1, -0.05) is 42.1 Å². The number of aliphatic hydroxyl groups is 1. The lowest BCUT2D eigenvalue weighted by molar-refractivity contribution is 0.0116. The van der Waals surface area contributed by atoms with Crippen LogP contribution in [-0.4, -0.2) is 25.6 Å². The van der Waals surface area contributed by atoms with Crippen molar-refractivity contribution in [2.75, 3.05) is 5.75 Å². The highest BCUT2D eigenvalue weighted by atomic mass is 32.2. The molecule has 0 aliphatic carbocycles. The Balaban J connectivity index is 2.20. The van der Waals surface area contributed by atoms with Crippen LogP contribution < -0.4 is 5.56 Å². The molecule has 1 aromatic heterocycles. The van der Waals surface area contributed by atoms with E-state index in [0.29, 0.717) is 10.9 Å². The number of aromatic nitrogens is 3. The highest BCUT2D eigenvalue weighted by Gasteiger charge is 2.40. The molecule has 0 saturated heterocycles. The van der Waals surface area contributed by atoms with Gasteiger partial charge in [0.1, 0.15) is 5.69 Å². The maximum Gasteiger partial charge on any atom is 0.295 e. The minimum atomic E-state index is -1.23. The zero-order valence-corrected chi connectivity index (χ0v) is 10.5. The normalized spacial score (nSPS) is 21.9. The van der Waals surface area contributed by atoms with Crippen LogP contribution in [0.25, 0.3) is 0 Å². The van der Waals surface area contributed by atoms with E-state index in [9.17, 15) is 9.90 Å². The van der Waals surface area contributed by atoms with Gasteiger partial charge in [0.2, 0.25) is 0 Å². The molecule has 1 atom stereocenters. The summed E-state index contributed by atoms with van der Waals surface area (Å²) in [5.41, 5.74) is -0.539. The number of aryl methyl sites for hydroxylation is 1. The van der Waals surface area contributed by atoms with Gasteiger partial charge in [-0.2, -0.15) is 10.1 Å². The standard InChI is InChI=1S/C12H11N3O2S/c1-8-10(16)13-11-15(14-8)12(17,7-18-11)9-5-3-2-4-6-9/h2-6,17H,7H2,1H3. The molecule has 1 N–H and O–H groups in total. The first-order chi connectivity index (χ1) is 8.61. The van der Waals surface area contributed by atoms with Crippen LogP contribution in [0.2, 0.25) is 0 Å². The lowest BCUT2D eigenvalue weighted by atomic mass is 10.1. The highest BCUT2D eigenvalue weighted by molar-refractivity contribution is 7.99. The Kier molecular flexibility index (Phi) is 2.49. The molecule has 0 fully saturated rings. The highest BCUT2D eigenvalue weighted by Crippen LogP contribution is 2.37. The van der Waals surface area contributed by atoms with Gasteiger partial charge in [-0.3, -0.25) is 4.79 Å². The van der Waals surface area contributed by atoms with Gasteiger partial charge in [0.05, 0.1) is 5.75 Å². The van der Waals surface area contributed by atoms with Gasteiger partial charge in [-0.05, 0) is 6.92 Å². The largest absolute Gasteiger partial charge is 0.365 e. The van der Waals surface area contributed by atoms with Crippen LogP contribution in [0.5, 0.6) is 0 Å². The van der Waals surface area contributed by atoms with Crippen LogP contribution in [0.15, 0.2) is 40.3 Å². The van der Waals surface area contributed by atoms with Crippen molar-refractivity contribution in [3.8, 4) is 0 Å². The number of nitrogens with zero attached hydrogens (tertiary/aromatic N) is 3. The first kappa shape index (κ1) is 11.4. The Bertz CT molecular complexity index is 656. The van der Waals surface area contributed by atoms with Gasteiger partial charge in [-0.25, -0.2) is 4.68 Å². The second-order valence-electron chi connectivity index (χ2n) is 4.17. The van der Waals surface area contributed by atoms with Gasteiger partial charge in [0.15, 0.2) is 10.9 Å². The molecule has 1 unspecified atom stereocenters. The smallest absolute Gasteiger partial charge is 0.295 e. The number of fused-ring (bicyclic) bond motifs is 1. The van der Waals surface area contributed by atoms with E-state index in [1.165, 1.54) is 16.4 Å². The average molecular weight is 261 g/mol. The van der Waals surface area contributed by atoms with Crippen LogP contribution >= 0.6 is 11.8 Å². The Morgan fingerprint density at radius 1 is 1.39 bits per heavy atom. The zero-order chi connectivity index (χ0) is 12.8. The topological polar surface area (TPSA) is 68.0 Å². The maximum absolute atomic E-state index is 11.4. The lowest BCUT2D eigenvalue weighted by Gasteiger charge is -2.24. The van der Waals surface area contributed by atoms with Gasteiger partial charge >= 0.3 is 0 Å². The lowest BCUT2D eigenvalue weighted by Crippen LogP contribution is -2.37. The fourth-order valence-electron chi connectivity index (χ4n) is 1.92. The van der Waals surface area contributed by atoms with E-state index in [1.807, 2.05) is 30.3 Å². The van der Waals surface area contributed by atoms with E-state index < -0.39 is 5.72 Å². The molecule has 1 aliphatic rings. The summed E-state index contributed by atoms with van der Waals surface area (Å²) >= 11 is 1.33. The summed E-state index contributed by atoms with van der Waals surface area (Å²) in [6.45, 7) is 1.59. The number of thioether (sulfide) groups is 1. The first-order valence-corrected chi connectivity index (χ1v) is 6.49. The summed E-state index contributed by atoms with van der Waals surface area (Å²) in [5.74, 6) is 0.403. The van der Waals surface area contributed by atoms with E-state index in [1.54, 1.807) is 6.92 Å². The molecule has 1 aliphatic heterocycles. The van der Waals surface area contributed by atoms with Crippen molar-refractivity contribution >= 4 is 11.8 Å². The van der Waals surface area contributed by atoms with E-state index in [0.717, 1.165) is 5.56 Å². The van der Waals surface area contributed by atoms with Crippen LogP contribution in [0.1, 0.15) is 11.3 Å². The molecule has 2 aromatic rings. The third-order valence-electron chi connectivity index (χ3n) is 2.93. The number of hydrogen-bond donors (Lipinski definition) is 1. The first-order valence-electron chi connectivity index (χ1n) is 5.50. The molecule has 92 valence electrons. The number of hydrogen-bond acceptors (Lipinski definition) is 5. The molecule has 0 radical (unpaired) electrons. The molecule has 1 aromatic carbocycles. The van der Waals surface area contributed by atoms with E-state index in [4.69, 9.17) is 0 Å². The molecule has 2 heterocycles. The average Bonchev–Trinajstić information content (AvgIpc) is 2.70. The molecular weight excluding hydrogens is 250 g/mol. The molecule has 6 heteroatoms. The van der Waals surface area contributed by atoms with E-state index in [2.05, 4.69) is 10.1 Å². The van der Waals surface area contributed by atoms with Crippen molar-refractivity contribution in [2.24, 2.45) is 0 Å². The number of benzene rings is 1. The fourth-order valence-corrected chi connectivity index (χ4v) is 3.00. The van der Waals surface area contributed by atoms with E-state index >= 15 is 0 Å². The van der Waals surface area contributed by atoms with Gasteiger partial charge in [-0.15, -0.1) is 0 Å². The number of rotatable bonds is 1. The van der Waals surface area contributed by atoms with Crippen LogP contribution in [0, 0.1) is 6.92 Å². The quantitative estimate of drug-likeness (QED) is 0.820. The molecule has 0 saturated carbocycles. The summed E-state index contributed by atoms with van der Waals surface area (Å²) in [5, 5.41) is 15.4. The maximum atomic E-state index is 11.4. The predicted molar refractivity (Wildman–Crippen MR) is 67.5 cm³/mol. The summed E-state index contributed by atoms with van der Waals surface area (Å²) in [6, 6.07) is 9.28. The summed E-state index contributed by atoms with van der Waals surface area (Å²) in [6.07, 6.45) is 0. The summed E-state index contributed by atoms with van der Waals surface area (Å²) in [7, 11) is 0. The van der Waals surface area contributed by atoms with Gasteiger partial charge < -0.3 is 5.11 Å².